The summed E-state index contributed by atoms with van der Waals surface area (Å²) in [7, 11) is 0. The first-order valence-electron chi connectivity index (χ1n) is 7.53. The second kappa shape index (κ2) is 6.36. The van der Waals surface area contributed by atoms with Gasteiger partial charge >= 0.3 is 5.97 Å². The molecule has 5 nitrogen and oxygen atoms in total. The van der Waals surface area contributed by atoms with Gasteiger partial charge in [0.2, 0.25) is 0 Å². The Bertz CT molecular complexity index is 686. The molecule has 1 aromatic carbocycles. The summed E-state index contributed by atoms with van der Waals surface area (Å²) in [5, 5.41) is 19.6. The molecule has 1 aliphatic carbocycles. The van der Waals surface area contributed by atoms with E-state index in [9.17, 15) is 14.7 Å². The highest BCUT2D eigenvalue weighted by Crippen LogP contribution is 2.36. The lowest BCUT2D eigenvalue weighted by atomic mass is 9.73. The number of aliphatic hydroxyl groups is 1. The number of carbonyl (C=O) groups is 2. The van der Waals surface area contributed by atoms with Crippen LogP contribution in [-0.2, 0) is 9.59 Å². The summed E-state index contributed by atoms with van der Waals surface area (Å²) in [6, 6.07) is 7.78. The van der Waals surface area contributed by atoms with E-state index in [0.29, 0.717) is 24.1 Å². The summed E-state index contributed by atoms with van der Waals surface area (Å²) in [5.41, 5.74) is 0.714. The number of aliphatic hydroxyl groups excluding tert-OH is 1. The Morgan fingerprint density at radius 3 is 2.35 bits per heavy atom. The molecule has 0 saturated heterocycles. The molecule has 2 rings (SSSR count). The molecule has 1 unspecified atom stereocenters. The van der Waals surface area contributed by atoms with E-state index in [2.05, 4.69) is 4.99 Å². The van der Waals surface area contributed by atoms with E-state index in [1.807, 2.05) is 19.9 Å². The maximum absolute atomic E-state index is 12.5. The van der Waals surface area contributed by atoms with Gasteiger partial charge in [0.25, 0.3) is 0 Å². The van der Waals surface area contributed by atoms with E-state index in [0.717, 1.165) is 0 Å². The third-order valence-electron chi connectivity index (χ3n) is 3.84. The highest BCUT2D eigenvalue weighted by molar-refractivity contribution is 6.28. The van der Waals surface area contributed by atoms with Crippen LogP contribution in [0.25, 0.3) is 5.76 Å². The van der Waals surface area contributed by atoms with Gasteiger partial charge < -0.3 is 10.2 Å². The minimum absolute atomic E-state index is 0.137. The largest absolute Gasteiger partial charge is 0.506 e. The summed E-state index contributed by atoms with van der Waals surface area (Å²) in [6.45, 7) is 5.32. The van der Waals surface area contributed by atoms with Crippen molar-refractivity contribution in [2.24, 2.45) is 10.4 Å². The Balaban J connectivity index is 2.57. The first-order valence-corrected chi connectivity index (χ1v) is 7.53. The summed E-state index contributed by atoms with van der Waals surface area (Å²) in [5.74, 6) is -1.41. The van der Waals surface area contributed by atoms with Gasteiger partial charge in [0.1, 0.15) is 11.8 Å². The number of allylic oxidation sites excluding steroid dienone is 1. The van der Waals surface area contributed by atoms with Gasteiger partial charge in [-0.3, -0.25) is 9.79 Å². The molecule has 1 fully saturated rings. The summed E-state index contributed by atoms with van der Waals surface area (Å²) in [4.78, 5) is 27.8. The quantitative estimate of drug-likeness (QED) is 0.662. The fourth-order valence-electron chi connectivity index (χ4n) is 2.70. The monoisotopic (exact) mass is 315 g/mol. The first-order chi connectivity index (χ1) is 10.7. The Kier molecular flexibility index (Phi) is 4.68. The van der Waals surface area contributed by atoms with Crippen LogP contribution in [-0.4, -0.2) is 33.7 Å². The van der Waals surface area contributed by atoms with Gasteiger partial charge in [0, 0.05) is 12.0 Å². The van der Waals surface area contributed by atoms with Crippen LogP contribution in [0.1, 0.15) is 39.2 Å². The summed E-state index contributed by atoms with van der Waals surface area (Å²) < 4.78 is 0. The zero-order chi connectivity index (χ0) is 17.2. The number of hydrogen-bond acceptors (Lipinski definition) is 4. The van der Waals surface area contributed by atoms with Crippen LogP contribution in [0.15, 0.2) is 40.9 Å². The Morgan fingerprint density at radius 2 is 1.78 bits per heavy atom. The molecule has 1 atom stereocenters. The minimum Gasteiger partial charge on any atom is -0.506 e. The number of hydrogen-bond donors (Lipinski definition) is 2. The lowest BCUT2D eigenvalue weighted by molar-refractivity contribution is -0.138. The predicted octanol–water partition coefficient (Wildman–Crippen LogP) is 3.26. The zero-order valence-electron chi connectivity index (χ0n) is 13.5. The van der Waals surface area contributed by atoms with Gasteiger partial charge in [-0.1, -0.05) is 44.2 Å². The molecule has 0 aromatic heterocycles. The van der Waals surface area contributed by atoms with Crippen molar-refractivity contribution in [3.63, 3.8) is 0 Å². The fourth-order valence-corrected chi connectivity index (χ4v) is 2.70. The lowest BCUT2D eigenvalue weighted by Gasteiger charge is -2.31. The van der Waals surface area contributed by atoms with Gasteiger partial charge in [0.15, 0.2) is 5.78 Å². The van der Waals surface area contributed by atoms with Crippen molar-refractivity contribution < 1.29 is 19.8 Å². The number of rotatable bonds is 3. The normalized spacial score (nSPS) is 22.7. The number of nitrogens with zero attached hydrogens (tertiary/aromatic N) is 1. The third kappa shape index (κ3) is 3.86. The van der Waals surface area contributed by atoms with Crippen molar-refractivity contribution in [1.29, 1.82) is 0 Å². The average molecular weight is 315 g/mol. The van der Waals surface area contributed by atoms with Crippen molar-refractivity contribution in [2.75, 3.05) is 0 Å². The molecule has 2 N–H and O–H groups in total. The molecule has 0 radical (unpaired) electrons. The maximum Gasteiger partial charge on any atom is 0.328 e. The van der Waals surface area contributed by atoms with E-state index in [1.165, 1.54) is 6.92 Å². The average Bonchev–Trinajstić information content (AvgIpc) is 2.46. The van der Waals surface area contributed by atoms with Crippen LogP contribution >= 0.6 is 0 Å². The molecule has 23 heavy (non-hydrogen) atoms. The van der Waals surface area contributed by atoms with Gasteiger partial charge in [-0.05, 0) is 18.8 Å². The molecular weight excluding hydrogens is 294 g/mol. The molecule has 0 heterocycles. The topological polar surface area (TPSA) is 87.0 Å². The smallest absolute Gasteiger partial charge is 0.328 e. The molecule has 1 aromatic rings. The lowest BCUT2D eigenvalue weighted by Crippen LogP contribution is -2.33. The molecule has 0 spiro atoms. The van der Waals surface area contributed by atoms with Crippen molar-refractivity contribution in [1.82, 2.24) is 0 Å². The minimum atomic E-state index is -1.06. The number of carboxylic acids is 1. The van der Waals surface area contributed by atoms with E-state index < -0.39 is 12.0 Å². The Morgan fingerprint density at radius 1 is 1.17 bits per heavy atom. The molecule has 1 aliphatic rings. The van der Waals surface area contributed by atoms with Crippen molar-refractivity contribution >= 4 is 23.2 Å². The zero-order valence-corrected chi connectivity index (χ0v) is 13.5. The molecule has 0 aliphatic heterocycles. The van der Waals surface area contributed by atoms with E-state index in [4.69, 9.17) is 5.11 Å². The molecule has 0 bridgehead atoms. The fraction of sp³-hybridized carbons (Fsp3) is 0.389. The molecule has 1 saturated carbocycles. The number of aliphatic imine (C=N–C) groups is 1. The molecule has 5 heteroatoms. The van der Waals surface area contributed by atoms with E-state index >= 15 is 0 Å². The molecular formula is C18H21NO4. The Hall–Kier alpha value is -2.43. The van der Waals surface area contributed by atoms with Gasteiger partial charge in [-0.25, -0.2) is 4.79 Å². The third-order valence-corrected chi connectivity index (χ3v) is 3.84. The first kappa shape index (κ1) is 16.9. The van der Waals surface area contributed by atoms with Crippen molar-refractivity contribution in [3.05, 3.63) is 41.5 Å². The number of benzene rings is 1. The number of aliphatic carboxylic acids is 1. The highest BCUT2D eigenvalue weighted by Gasteiger charge is 2.37. The van der Waals surface area contributed by atoms with Gasteiger partial charge in [-0.15, -0.1) is 0 Å². The van der Waals surface area contributed by atoms with Crippen LogP contribution in [0.3, 0.4) is 0 Å². The van der Waals surface area contributed by atoms with Crippen LogP contribution in [0.4, 0.5) is 0 Å². The van der Waals surface area contributed by atoms with E-state index in [-0.39, 0.29) is 22.5 Å². The predicted molar refractivity (Wildman–Crippen MR) is 88.5 cm³/mol. The standard InChI is InChI=1S/C18H21NO4/c1-11(17(22)23)19-13-9-18(2,3)10-14(20)15(13)16(21)12-7-5-4-6-8-12/h4-8,11,21H,9-10H2,1-3H3,(H,22,23). The Labute approximate surface area is 135 Å². The summed E-state index contributed by atoms with van der Waals surface area (Å²) in [6.07, 6.45) is 0.738. The number of carboxylic acid groups (broad SMARTS) is 1. The molecule has 0 amide bonds. The van der Waals surface area contributed by atoms with Gasteiger partial charge in [-0.2, -0.15) is 0 Å². The number of ketones is 1. The van der Waals surface area contributed by atoms with Crippen LogP contribution in [0, 0.1) is 5.41 Å². The van der Waals surface area contributed by atoms with E-state index in [1.54, 1.807) is 24.3 Å². The van der Waals surface area contributed by atoms with Gasteiger partial charge in [0.05, 0.1) is 11.3 Å². The number of carbonyl (C=O) groups excluding carboxylic acids is 1. The van der Waals surface area contributed by atoms with Crippen molar-refractivity contribution in [2.45, 2.75) is 39.7 Å². The summed E-state index contributed by atoms with van der Waals surface area (Å²) >= 11 is 0. The molecule has 122 valence electrons. The van der Waals surface area contributed by atoms with Crippen LogP contribution < -0.4 is 0 Å². The second-order valence-corrected chi connectivity index (χ2v) is 6.62. The van der Waals surface area contributed by atoms with Crippen LogP contribution in [0.2, 0.25) is 0 Å². The van der Waals surface area contributed by atoms with Crippen LogP contribution in [0.5, 0.6) is 0 Å². The van der Waals surface area contributed by atoms with Crippen molar-refractivity contribution in [3.8, 4) is 0 Å². The second-order valence-electron chi connectivity index (χ2n) is 6.62. The highest BCUT2D eigenvalue weighted by atomic mass is 16.4. The SMILES string of the molecule is CC(N=C1CC(C)(C)CC(=O)C1=C(O)c1ccccc1)C(=O)O. The number of Topliss-reactive ketones (excluding diaryl/α,β-unsaturated/α-hetero) is 1. The maximum atomic E-state index is 12.5.